The highest BCUT2D eigenvalue weighted by atomic mass is 16.4. The smallest absolute Gasteiger partial charge is 0.320 e. The standard InChI is InChI=1S/C29H40N2O3/c1-2-27(28(32)33)31-21-25(26(22-31)24-13-7-4-8-14-24)20-30-18-16-29(34,17-19-30)15-9-12-23-10-5-3-6-11-23/h3-8,10-11,13-14,25-27,34H,2,9,12,15-22H2,1H3,(H,32,33)/t25-,26+,27?/m0/s1. The third-order valence-corrected chi connectivity index (χ3v) is 8.04. The molecule has 0 saturated carbocycles. The predicted molar refractivity (Wildman–Crippen MR) is 136 cm³/mol. The molecule has 2 aromatic carbocycles. The minimum atomic E-state index is -0.714. The lowest BCUT2D eigenvalue weighted by Crippen LogP contribution is -2.46. The monoisotopic (exact) mass is 464 g/mol. The maximum Gasteiger partial charge on any atom is 0.320 e. The molecule has 0 spiro atoms. The number of benzene rings is 2. The van der Waals surface area contributed by atoms with Gasteiger partial charge in [-0.25, -0.2) is 0 Å². The number of carbonyl (C=O) groups is 1. The maximum atomic E-state index is 11.8. The average Bonchev–Trinajstić information content (AvgIpc) is 3.25. The van der Waals surface area contributed by atoms with E-state index in [0.717, 1.165) is 64.8 Å². The Bertz CT molecular complexity index is 896. The van der Waals surface area contributed by atoms with Crippen LogP contribution in [0.15, 0.2) is 60.7 Å². The first-order valence-electron chi connectivity index (χ1n) is 13.0. The summed E-state index contributed by atoms with van der Waals surface area (Å²) in [4.78, 5) is 16.5. The van der Waals surface area contributed by atoms with Gasteiger partial charge in [-0.2, -0.15) is 0 Å². The Kier molecular flexibility index (Phi) is 8.41. The molecule has 0 aromatic heterocycles. The van der Waals surface area contributed by atoms with E-state index in [1.807, 2.05) is 19.1 Å². The summed E-state index contributed by atoms with van der Waals surface area (Å²) in [6, 6.07) is 20.7. The lowest BCUT2D eigenvalue weighted by molar-refractivity contribution is -0.143. The zero-order valence-corrected chi connectivity index (χ0v) is 20.5. The summed E-state index contributed by atoms with van der Waals surface area (Å²) in [6.07, 6.45) is 5.16. The topological polar surface area (TPSA) is 64.0 Å². The lowest BCUT2D eigenvalue weighted by atomic mass is 9.84. The van der Waals surface area contributed by atoms with Crippen molar-refractivity contribution in [2.24, 2.45) is 5.92 Å². The summed E-state index contributed by atoms with van der Waals surface area (Å²) in [6.45, 7) is 6.38. The molecule has 34 heavy (non-hydrogen) atoms. The van der Waals surface area contributed by atoms with Crippen molar-refractivity contribution < 1.29 is 15.0 Å². The van der Waals surface area contributed by atoms with Gasteiger partial charge in [-0.1, -0.05) is 67.6 Å². The van der Waals surface area contributed by atoms with Gasteiger partial charge >= 0.3 is 5.97 Å². The summed E-state index contributed by atoms with van der Waals surface area (Å²) >= 11 is 0. The van der Waals surface area contributed by atoms with Crippen LogP contribution in [0.4, 0.5) is 0 Å². The van der Waals surface area contributed by atoms with Crippen molar-refractivity contribution in [3.8, 4) is 0 Å². The first-order chi connectivity index (χ1) is 16.5. The normalized spacial score (nSPS) is 24.2. The highest BCUT2D eigenvalue weighted by molar-refractivity contribution is 5.73. The SMILES string of the molecule is CCC(C(=O)O)N1C[C@H](CN2CCC(O)(CCCc3ccccc3)CC2)[C@@H](c2ccccc2)C1. The van der Waals surface area contributed by atoms with E-state index >= 15 is 0 Å². The second-order valence-corrected chi connectivity index (χ2v) is 10.4. The van der Waals surface area contributed by atoms with Crippen LogP contribution in [0.3, 0.4) is 0 Å². The number of nitrogens with zero attached hydrogens (tertiary/aromatic N) is 2. The van der Waals surface area contributed by atoms with E-state index in [9.17, 15) is 15.0 Å². The number of carboxylic acid groups (broad SMARTS) is 1. The van der Waals surface area contributed by atoms with Crippen LogP contribution >= 0.6 is 0 Å². The minimum absolute atomic E-state index is 0.348. The Morgan fingerprint density at radius 2 is 1.68 bits per heavy atom. The molecule has 2 aliphatic heterocycles. The van der Waals surface area contributed by atoms with E-state index in [-0.39, 0.29) is 0 Å². The van der Waals surface area contributed by atoms with Gasteiger partial charge in [0.1, 0.15) is 6.04 Å². The summed E-state index contributed by atoms with van der Waals surface area (Å²) in [5.74, 6) is 0.0369. The molecular formula is C29H40N2O3. The van der Waals surface area contributed by atoms with Gasteiger partial charge in [0.25, 0.3) is 0 Å². The fraction of sp³-hybridized carbons (Fsp3) is 0.552. The number of aryl methyl sites for hydroxylation is 1. The molecule has 2 saturated heterocycles. The van der Waals surface area contributed by atoms with Crippen LogP contribution in [0, 0.1) is 5.92 Å². The fourth-order valence-electron chi connectivity index (χ4n) is 6.01. The van der Waals surface area contributed by atoms with Crippen LogP contribution in [0.2, 0.25) is 0 Å². The largest absolute Gasteiger partial charge is 0.480 e. The van der Waals surface area contributed by atoms with Crippen LogP contribution in [-0.4, -0.2) is 70.3 Å². The van der Waals surface area contributed by atoms with Crippen molar-refractivity contribution in [3.63, 3.8) is 0 Å². The van der Waals surface area contributed by atoms with Crippen molar-refractivity contribution >= 4 is 5.97 Å². The third kappa shape index (κ3) is 6.26. The molecule has 4 rings (SSSR count). The molecule has 0 radical (unpaired) electrons. The first kappa shape index (κ1) is 24.9. The number of rotatable bonds is 10. The summed E-state index contributed by atoms with van der Waals surface area (Å²) < 4.78 is 0. The van der Waals surface area contributed by atoms with Crippen molar-refractivity contribution in [3.05, 3.63) is 71.8 Å². The molecule has 0 bridgehead atoms. The fourth-order valence-corrected chi connectivity index (χ4v) is 6.01. The second kappa shape index (κ2) is 11.5. The second-order valence-electron chi connectivity index (χ2n) is 10.4. The predicted octanol–water partition coefficient (Wildman–Crippen LogP) is 4.42. The average molecular weight is 465 g/mol. The third-order valence-electron chi connectivity index (χ3n) is 8.04. The number of hydrogen-bond acceptors (Lipinski definition) is 4. The van der Waals surface area contributed by atoms with E-state index in [0.29, 0.717) is 18.3 Å². The van der Waals surface area contributed by atoms with E-state index in [4.69, 9.17) is 0 Å². The quantitative estimate of drug-likeness (QED) is 0.545. The van der Waals surface area contributed by atoms with E-state index in [2.05, 4.69) is 58.3 Å². The Labute approximate surface area is 204 Å². The van der Waals surface area contributed by atoms with E-state index in [1.54, 1.807) is 0 Å². The van der Waals surface area contributed by atoms with Gasteiger partial charge in [0.2, 0.25) is 0 Å². The lowest BCUT2D eigenvalue weighted by Gasteiger charge is -2.40. The molecule has 0 aliphatic carbocycles. The number of likely N-dealkylation sites (tertiary alicyclic amines) is 2. The van der Waals surface area contributed by atoms with E-state index < -0.39 is 17.6 Å². The molecule has 2 heterocycles. The molecule has 2 aliphatic rings. The first-order valence-corrected chi connectivity index (χ1v) is 13.0. The van der Waals surface area contributed by atoms with Crippen molar-refractivity contribution in [1.82, 2.24) is 9.80 Å². The van der Waals surface area contributed by atoms with Crippen molar-refractivity contribution in [1.29, 1.82) is 0 Å². The van der Waals surface area contributed by atoms with Gasteiger partial charge in [0.05, 0.1) is 5.60 Å². The van der Waals surface area contributed by atoms with Crippen LogP contribution in [-0.2, 0) is 11.2 Å². The van der Waals surface area contributed by atoms with Crippen LogP contribution in [0.5, 0.6) is 0 Å². The van der Waals surface area contributed by atoms with Gasteiger partial charge in [-0.05, 0) is 55.6 Å². The maximum absolute atomic E-state index is 11.8. The summed E-state index contributed by atoms with van der Waals surface area (Å²) in [5, 5.41) is 20.9. The van der Waals surface area contributed by atoms with Gasteiger partial charge in [0.15, 0.2) is 0 Å². The Balaban J connectivity index is 1.33. The van der Waals surface area contributed by atoms with Crippen molar-refractivity contribution in [2.75, 3.05) is 32.7 Å². The Hall–Kier alpha value is -2.21. The summed E-state index contributed by atoms with van der Waals surface area (Å²) in [7, 11) is 0. The van der Waals surface area contributed by atoms with Crippen LogP contribution in [0.1, 0.15) is 56.1 Å². The Morgan fingerprint density at radius 1 is 1.03 bits per heavy atom. The molecule has 184 valence electrons. The number of carboxylic acids is 1. The number of piperidine rings is 1. The molecule has 1 unspecified atom stereocenters. The van der Waals surface area contributed by atoms with Crippen molar-refractivity contribution in [2.45, 2.75) is 63.0 Å². The molecular weight excluding hydrogens is 424 g/mol. The molecule has 5 heteroatoms. The number of hydrogen-bond donors (Lipinski definition) is 2. The number of aliphatic carboxylic acids is 1. The number of aliphatic hydroxyl groups is 1. The highest BCUT2D eigenvalue weighted by Gasteiger charge is 2.40. The molecule has 2 fully saturated rings. The zero-order chi connectivity index (χ0) is 24.0. The molecule has 5 nitrogen and oxygen atoms in total. The van der Waals surface area contributed by atoms with Crippen LogP contribution < -0.4 is 0 Å². The molecule has 0 amide bonds. The van der Waals surface area contributed by atoms with Gasteiger partial charge in [-0.3, -0.25) is 9.69 Å². The molecule has 3 atom stereocenters. The van der Waals surface area contributed by atoms with Gasteiger partial charge < -0.3 is 15.1 Å². The minimum Gasteiger partial charge on any atom is -0.480 e. The highest BCUT2D eigenvalue weighted by Crippen LogP contribution is 2.36. The van der Waals surface area contributed by atoms with Crippen LogP contribution in [0.25, 0.3) is 0 Å². The van der Waals surface area contributed by atoms with E-state index in [1.165, 1.54) is 11.1 Å². The Morgan fingerprint density at radius 3 is 2.29 bits per heavy atom. The summed E-state index contributed by atoms with van der Waals surface area (Å²) in [5.41, 5.74) is 2.10. The molecule has 2 aromatic rings. The molecule has 2 N–H and O–H groups in total. The zero-order valence-electron chi connectivity index (χ0n) is 20.5. The van der Waals surface area contributed by atoms with Gasteiger partial charge in [-0.15, -0.1) is 0 Å². The van der Waals surface area contributed by atoms with Gasteiger partial charge in [0, 0.05) is 38.6 Å².